The van der Waals surface area contributed by atoms with E-state index in [1.165, 1.54) is 17.2 Å². The van der Waals surface area contributed by atoms with Crippen molar-refractivity contribution < 1.29 is 19.1 Å². The summed E-state index contributed by atoms with van der Waals surface area (Å²) in [5, 5.41) is 11.6. The lowest BCUT2D eigenvalue weighted by atomic mass is 9.95. The summed E-state index contributed by atoms with van der Waals surface area (Å²) in [5.41, 5.74) is 0.884. The minimum absolute atomic E-state index is 0.0306. The molecule has 3 aromatic rings. The standard InChI is InChI=1S/C22H15Cl2NO4/c23-14-8-9-16(17(24)11-14)19-18(20(26)13-5-2-1-3-6-13)21(27)22(28)25(19)12-15-7-4-10-29-15/h1-11,19,26H,12H2/b20-18+/t19-/m1/s1. The molecule has 29 heavy (non-hydrogen) atoms. The first kappa shape index (κ1) is 19.3. The summed E-state index contributed by atoms with van der Waals surface area (Å²) in [7, 11) is 0. The molecule has 0 bridgehead atoms. The van der Waals surface area contributed by atoms with Crippen LogP contribution in [0.2, 0.25) is 10.0 Å². The second-order valence-electron chi connectivity index (χ2n) is 6.54. The molecule has 5 nitrogen and oxygen atoms in total. The number of carbonyl (C=O) groups is 2. The molecule has 146 valence electrons. The summed E-state index contributed by atoms with van der Waals surface area (Å²) in [6, 6.07) is 15.9. The number of likely N-dealkylation sites (tertiary alicyclic amines) is 1. The van der Waals surface area contributed by atoms with Gasteiger partial charge in [0.2, 0.25) is 0 Å². The van der Waals surface area contributed by atoms with Gasteiger partial charge >= 0.3 is 0 Å². The van der Waals surface area contributed by atoms with Crippen LogP contribution in [0.1, 0.15) is 22.9 Å². The zero-order valence-electron chi connectivity index (χ0n) is 15.0. The fourth-order valence-corrected chi connectivity index (χ4v) is 3.92. The second kappa shape index (κ2) is 7.78. The first-order valence-corrected chi connectivity index (χ1v) is 9.54. The molecular weight excluding hydrogens is 413 g/mol. The van der Waals surface area contributed by atoms with Gasteiger partial charge in [0.1, 0.15) is 11.5 Å². The van der Waals surface area contributed by atoms with E-state index in [2.05, 4.69) is 0 Å². The normalized spacial score (nSPS) is 18.4. The summed E-state index contributed by atoms with van der Waals surface area (Å²) >= 11 is 12.4. The third-order valence-corrected chi connectivity index (χ3v) is 5.31. The van der Waals surface area contributed by atoms with Crippen molar-refractivity contribution >= 4 is 40.7 Å². The number of amides is 1. The van der Waals surface area contributed by atoms with E-state index >= 15 is 0 Å². The van der Waals surface area contributed by atoms with Gasteiger partial charge in [-0.15, -0.1) is 0 Å². The van der Waals surface area contributed by atoms with Crippen LogP contribution in [-0.2, 0) is 16.1 Å². The van der Waals surface area contributed by atoms with Gasteiger partial charge in [-0.3, -0.25) is 9.59 Å². The van der Waals surface area contributed by atoms with Crippen molar-refractivity contribution in [1.82, 2.24) is 4.90 Å². The molecule has 0 radical (unpaired) electrons. The SMILES string of the molecule is O=C1C(=O)N(Cc2ccco2)[C@H](c2ccc(Cl)cc2Cl)/C1=C(\O)c1ccccc1. The highest BCUT2D eigenvalue weighted by atomic mass is 35.5. The Balaban J connectivity index is 1.90. The largest absolute Gasteiger partial charge is 0.507 e. The lowest BCUT2D eigenvalue weighted by Crippen LogP contribution is -2.29. The van der Waals surface area contributed by atoms with Crippen molar-refractivity contribution in [2.75, 3.05) is 0 Å². The predicted molar refractivity (Wildman–Crippen MR) is 109 cm³/mol. The lowest BCUT2D eigenvalue weighted by molar-refractivity contribution is -0.140. The number of Topliss-reactive ketones (excluding diaryl/α,β-unsaturated/α-hetero) is 1. The molecule has 1 amide bonds. The number of ketones is 1. The maximum absolute atomic E-state index is 12.9. The Bertz CT molecular complexity index is 1110. The van der Waals surface area contributed by atoms with Gasteiger partial charge in [-0.25, -0.2) is 0 Å². The summed E-state index contributed by atoms with van der Waals surface area (Å²) in [5.74, 6) is -1.28. The van der Waals surface area contributed by atoms with Gasteiger partial charge in [0.15, 0.2) is 0 Å². The highest BCUT2D eigenvalue weighted by Gasteiger charge is 2.47. The van der Waals surface area contributed by atoms with Gasteiger partial charge in [-0.2, -0.15) is 0 Å². The smallest absolute Gasteiger partial charge is 0.296 e. The maximum atomic E-state index is 12.9. The molecule has 1 aliphatic rings. The van der Waals surface area contributed by atoms with E-state index in [-0.39, 0.29) is 22.9 Å². The van der Waals surface area contributed by atoms with Crippen LogP contribution in [0.5, 0.6) is 0 Å². The van der Waals surface area contributed by atoms with Crippen LogP contribution in [0, 0.1) is 0 Å². The number of hydrogen-bond acceptors (Lipinski definition) is 4. The van der Waals surface area contributed by atoms with Crippen molar-refractivity contribution in [3.8, 4) is 0 Å². The molecule has 0 unspecified atom stereocenters. The van der Waals surface area contributed by atoms with Gasteiger partial charge < -0.3 is 14.4 Å². The Hall–Kier alpha value is -3.02. The molecule has 1 saturated heterocycles. The van der Waals surface area contributed by atoms with Gasteiger partial charge in [0.25, 0.3) is 11.7 Å². The summed E-state index contributed by atoms with van der Waals surface area (Å²) < 4.78 is 5.36. The van der Waals surface area contributed by atoms with Crippen LogP contribution in [0.25, 0.3) is 5.76 Å². The van der Waals surface area contributed by atoms with Crippen LogP contribution >= 0.6 is 23.2 Å². The van der Waals surface area contributed by atoms with Crippen molar-refractivity contribution in [1.29, 1.82) is 0 Å². The number of halogens is 2. The number of benzene rings is 2. The highest BCUT2D eigenvalue weighted by Crippen LogP contribution is 2.43. The van der Waals surface area contributed by atoms with Crippen molar-refractivity contribution in [2.24, 2.45) is 0 Å². The third-order valence-electron chi connectivity index (χ3n) is 4.75. The minimum Gasteiger partial charge on any atom is -0.507 e. The number of furan rings is 1. The number of nitrogens with zero attached hydrogens (tertiary/aromatic N) is 1. The highest BCUT2D eigenvalue weighted by molar-refractivity contribution is 6.47. The Morgan fingerprint density at radius 1 is 1.03 bits per heavy atom. The van der Waals surface area contributed by atoms with E-state index in [9.17, 15) is 14.7 Å². The Morgan fingerprint density at radius 3 is 2.45 bits per heavy atom. The summed E-state index contributed by atoms with van der Waals surface area (Å²) in [4.78, 5) is 27.1. The number of carbonyl (C=O) groups excluding carboxylic acids is 2. The monoisotopic (exact) mass is 427 g/mol. The average Bonchev–Trinajstić information content (AvgIpc) is 3.31. The van der Waals surface area contributed by atoms with E-state index in [1.54, 1.807) is 54.6 Å². The van der Waals surface area contributed by atoms with Crippen molar-refractivity contribution in [3.05, 3.63) is 99.4 Å². The van der Waals surface area contributed by atoms with Gasteiger partial charge in [0.05, 0.1) is 24.4 Å². The van der Waals surface area contributed by atoms with E-state index in [4.69, 9.17) is 27.6 Å². The molecule has 2 heterocycles. The molecule has 2 aromatic carbocycles. The molecular formula is C22H15Cl2NO4. The van der Waals surface area contributed by atoms with Crippen LogP contribution in [0.15, 0.2) is 76.9 Å². The van der Waals surface area contributed by atoms with E-state index < -0.39 is 17.7 Å². The Labute approximate surface area is 176 Å². The number of hydrogen-bond donors (Lipinski definition) is 1. The molecule has 1 fully saturated rings. The average molecular weight is 428 g/mol. The fourth-order valence-electron chi connectivity index (χ4n) is 3.41. The molecule has 1 aromatic heterocycles. The molecule has 1 atom stereocenters. The predicted octanol–water partition coefficient (Wildman–Crippen LogP) is 5.21. The minimum atomic E-state index is -0.884. The van der Waals surface area contributed by atoms with E-state index in [0.717, 1.165) is 0 Å². The van der Waals surface area contributed by atoms with Gasteiger partial charge in [-0.05, 0) is 29.8 Å². The van der Waals surface area contributed by atoms with Gasteiger partial charge in [0, 0.05) is 15.6 Å². The zero-order valence-corrected chi connectivity index (χ0v) is 16.5. The van der Waals surface area contributed by atoms with Crippen LogP contribution in [0.3, 0.4) is 0 Å². The third kappa shape index (κ3) is 3.55. The number of rotatable bonds is 4. The molecule has 4 rings (SSSR count). The molecule has 0 aliphatic carbocycles. The summed E-state index contributed by atoms with van der Waals surface area (Å²) in [6.45, 7) is 0.0484. The number of aliphatic hydroxyl groups is 1. The van der Waals surface area contributed by atoms with Gasteiger partial charge in [-0.1, -0.05) is 59.6 Å². The Kier molecular flexibility index (Phi) is 5.18. The van der Waals surface area contributed by atoms with E-state index in [0.29, 0.717) is 21.9 Å². The van der Waals surface area contributed by atoms with Crippen LogP contribution < -0.4 is 0 Å². The molecule has 0 saturated carbocycles. The molecule has 1 aliphatic heterocycles. The van der Waals surface area contributed by atoms with E-state index in [1.807, 2.05) is 0 Å². The quantitative estimate of drug-likeness (QED) is 0.352. The topological polar surface area (TPSA) is 70.8 Å². The lowest BCUT2D eigenvalue weighted by Gasteiger charge is -2.25. The van der Waals surface area contributed by atoms with Crippen molar-refractivity contribution in [2.45, 2.75) is 12.6 Å². The Morgan fingerprint density at radius 2 is 1.79 bits per heavy atom. The zero-order chi connectivity index (χ0) is 20.5. The fraction of sp³-hybridized carbons (Fsp3) is 0.0909. The number of aliphatic hydroxyl groups excluding tert-OH is 1. The summed E-state index contributed by atoms with van der Waals surface area (Å²) in [6.07, 6.45) is 1.49. The second-order valence-corrected chi connectivity index (χ2v) is 7.38. The molecule has 0 spiro atoms. The molecule has 1 N–H and O–H groups in total. The van der Waals surface area contributed by atoms with Crippen LogP contribution in [-0.4, -0.2) is 21.7 Å². The maximum Gasteiger partial charge on any atom is 0.296 e. The molecule has 7 heteroatoms. The van der Waals surface area contributed by atoms with Crippen LogP contribution in [0.4, 0.5) is 0 Å². The first-order valence-electron chi connectivity index (χ1n) is 8.78. The van der Waals surface area contributed by atoms with Crippen molar-refractivity contribution in [3.63, 3.8) is 0 Å². The first-order chi connectivity index (χ1) is 14.0.